The van der Waals surface area contributed by atoms with Crippen molar-refractivity contribution >= 4 is 15.0 Å². The maximum Gasteiger partial charge on any atom is 0.360 e. The summed E-state index contributed by atoms with van der Waals surface area (Å²) in [5, 5.41) is 0. The van der Waals surface area contributed by atoms with Gasteiger partial charge in [0, 0.05) is 5.56 Å². The Morgan fingerprint density at radius 3 is 3.00 bits per heavy atom. The first kappa shape index (κ1) is 5.67. The molecule has 0 amide bonds. The van der Waals surface area contributed by atoms with Crippen molar-refractivity contribution in [2.45, 2.75) is 0 Å². The summed E-state index contributed by atoms with van der Waals surface area (Å²) in [7, 11) is 0.321. The van der Waals surface area contributed by atoms with Gasteiger partial charge in [0.25, 0.3) is 0 Å². The maximum atomic E-state index is 4.90. The minimum absolute atomic E-state index is 0.321. The summed E-state index contributed by atoms with van der Waals surface area (Å²) in [6.07, 6.45) is 0. The summed E-state index contributed by atoms with van der Waals surface area (Å²) in [6, 6.07) is 7.79. The summed E-state index contributed by atoms with van der Waals surface area (Å²) >= 11 is 0. The molecule has 2 rings (SSSR count). The third-order valence-electron chi connectivity index (χ3n) is 1.31. The minimum Gasteiger partial charge on any atom is -0.364 e. The van der Waals surface area contributed by atoms with E-state index in [0.29, 0.717) is 9.38 Å². The molecule has 3 heteroatoms. The molecule has 1 aliphatic rings. The van der Waals surface area contributed by atoms with Gasteiger partial charge in [-0.05, 0) is 11.7 Å². The van der Waals surface area contributed by atoms with Gasteiger partial charge in [-0.3, -0.25) is 0 Å². The third kappa shape index (κ3) is 0.843. The zero-order valence-electron chi connectivity index (χ0n) is 5.20. The van der Waals surface area contributed by atoms with Gasteiger partial charge < -0.3 is 9.46 Å². The normalized spacial score (nSPS) is 13.2. The molecule has 0 bridgehead atoms. The lowest BCUT2D eigenvalue weighted by molar-refractivity contribution is -0.0963. The Morgan fingerprint density at radius 1 is 1.20 bits per heavy atom. The molecule has 10 heavy (non-hydrogen) atoms. The summed E-state index contributed by atoms with van der Waals surface area (Å²) < 4.78 is 4.77. The fourth-order valence-electron chi connectivity index (χ4n) is 0.832. The number of hydrogen-bond donors (Lipinski definition) is 0. The zero-order valence-corrected chi connectivity index (χ0v) is 6.20. The molecule has 49 valence electrons. The van der Waals surface area contributed by atoms with Crippen molar-refractivity contribution in [1.82, 2.24) is 0 Å². The Hall–Kier alpha value is -1.09. The van der Waals surface area contributed by atoms with E-state index >= 15 is 0 Å². The first-order valence-electron chi connectivity index (χ1n) is 2.98. The first-order chi connectivity index (χ1) is 4.97. The van der Waals surface area contributed by atoms with Crippen LogP contribution in [0.5, 0.6) is 5.75 Å². The van der Waals surface area contributed by atoms with Gasteiger partial charge in [-0.1, -0.05) is 18.2 Å². The number of rotatable bonds is 0. The lowest BCUT2D eigenvalue weighted by atomic mass is 10.2. The molecule has 0 N–H and O–H groups in total. The zero-order chi connectivity index (χ0) is 6.81. The van der Waals surface area contributed by atoms with Gasteiger partial charge in [0.1, 0.15) is 0 Å². The van der Waals surface area contributed by atoms with Crippen molar-refractivity contribution in [3.63, 3.8) is 0 Å². The van der Waals surface area contributed by atoms with Crippen LogP contribution in [0, 0.1) is 0 Å². The lowest BCUT2D eigenvalue weighted by Crippen LogP contribution is -2.07. The Labute approximate surface area is 60.9 Å². The van der Waals surface area contributed by atoms with Crippen molar-refractivity contribution in [3.8, 4) is 5.75 Å². The van der Waals surface area contributed by atoms with Gasteiger partial charge in [0.15, 0.2) is 5.75 Å². The number of para-hydroxylation sites is 1. The van der Waals surface area contributed by atoms with Gasteiger partial charge >= 0.3 is 9.38 Å². The second-order valence-corrected chi connectivity index (χ2v) is 2.66. The van der Waals surface area contributed by atoms with E-state index in [1.54, 1.807) is 0 Å². The Kier molecular flexibility index (Phi) is 1.28. The standard InChI is InChI=1S/C7H5O2Si/c1-2-4-7-6(3-1)5-10-9-8-7/h1-5H. The summed E-state index contributed by atoms with van der Waals surface area (Å²) in [5.74, 6) is 0.807. The monoisotopic (exact) mass is 149 g/mol. The fourth-order valence-corrected chi connectivity index (χ4v) is 1.38. The molecule has 0 fully saturated rings. The SMILES string of the molecule is C1=[Si]OOc2ccccc21. The summed E-state index contributed by atoms with van der Waals surface area (Å²) in [4.78, 5) is 4.90. The molecular weight excluding hydrogens is 144 g/mol. The minimum atomic E-state index is 0.321. The molecule has 1 radical (unpaired) electrons. The largest absolute Gasteiger partial charge is 0.364 e. The van der Waals surface area contributed by atoms with E-state index < -0.39 is 0 Å². The fraction of sp³-hybridized carbons (Fsp3) is 0. The van der Waals surface area contributed by atoms with Gasteiger partial charge in [0.2, 0.25) is 0 Å². The van der Waals surface area contributed by atoms with Crippen molar-refractivity contribution in [2.75, 3.05) is 0 Å². The highest BCUT2D eigenvalue weighted by Gasteiger charge is 2.04. The maximum absolute atomic E-state index is 4.90. The molecule has 0 spiro atoms. The van der Waals surface area contributed by atoms with E-state index in [0.717, 1.165) is 11.3 Å². The van der Waals surface area contributed by atoms with E-state index in [9.17, 15) is 0 Å². The number of fused-ring (bicyclic) bond motifs is 1. The van der Waals surface area contributed by atoms with Crippen LogP contribution < -0.4 is 4.89 Å². The number of hydrogen-bond acceptors (Lipinski definition) is 2. The Bertz CT molecular complexity index is 270. The Morgan fingerprint density at radius 2 is 2.10 bits per heavy atom. The predicted molar refractivity (Wildman–Crippen MR) is 39.1 cm³/mol. The van der Waals surface area contributed by atoms with Crippen molar-refractivity contribution < 1.29 is 9.46 Å². The molecule has 2 nitrogen and oxygen atoms in total. The van der Waals surface area contributed by atoms with Gasteiger partial charge in [0.05, 0.1) is 0 Å². The molecule has 1 heterocycles. The highest BCUT2D eigenvalue weighted by Crippen LogP contribution is 2.16. The van der Waals surface area contributed by atoms with E-state index in [1.807, 2.05) is 29.9 Å². The van der Waals surface area contributed by atoms with Crippen LogP contribution >= 0.6 is 0 Å². The van der Waals surface area contributed by atoms with E-state index in [2.05, 4.69) is 0 Å². The molecular formula is C7H5O2Si. The van der Waals surface area contributed by atoms with Crippen LogP contribution in [0.15, 0.2) is 24.3 Å². The second kappa shape index (κ2) is 2.26. The van der Waals surface area contributed by atoms with Crippen LogP contribution in [0.25, 0.3) is 0 Å². The number of benzene rings is 1. The van der Waals surface area contributed by atoms with Crippen LogP contribution in [0.1, 0.15) is 5.56 Å². The topological polar surface area (TPSA) is 18.5 Å². The van der Waals surface area contributed by atoms with Crippen molar-refractivity contribution in [1.29, 1.82) is 0 Å². The molecule has 0 saturated heterocycles. The molecule has 0 unspecified atom stereocenters. The molecule has 1 aliphatic heterocycles. The quantitative estimate of drug-likeness (QED) is 0.401. The van der Waals surface area contributed by atoms with Gasteiger partial charge in [-0.25, -0.2) is 0 Å². The van der Waals surface area contributed by atoms with Crippen LogP contribution in [0.4, 0.5) is 0 Å². The van der Waals surface area contributed by atoms with Crippen LogP contribution in [-0.4, -0.2) is 15.0 Å². The second-order valence-electron chi connectivity index (χ2n) is 1.97. The van der Waals surface area contributed by atoms with Crippen molar-refractivity contribution in [2.24, 2.45) is 0 Å². The highest BCUT2D eigenvalue weighted by molar-refractivity contribution is 6.45. The average Bonchev–Trinajstić information content (AvgIpc) is 2.05. The molecule has 1 aromatic carbocycles. The smallest absolute Gasteiger partial charge is 0.360 e. The van der Waals surface area contributed by atoms with Crippen molar-refractivity contribution in [3.05, 3.63) is 29.8 Å². The van der Waals surface area contributed by atoms with E-state index in [4.69, 9.17) is 9.46 Å². The highest BCUT2D eigenvalue weighted by atomic mass is 28.2. The summed E-state index contributed by atoms with van der Waals surface area (Å²) in [6.45, 7) is 0. The van der Waals surface area contributed by atoms with E-state index in [-0.39, 0.29) is 0 Å². The first-order valence-corrected chi connectivity index (χ1v) is 3.97. The average molecular weight is 149 g/mol. The molecule has 1 aromatic rings. The van der Waals surface area contributed by atoms with E-state index in [1.165, 1.54) is 0 Å². The van der Waals surface area contributed by atoms with Crippen LogP contribution in [0.2, 0.25) is 0 Å². The molecule has 0 aromatic heterocycles. The molecule has 0 saturated carbocycles. The van der Waals surface area contributed by atoms with Crippen LogP contribution in [-0.2, 0) is 4.58 Å². The Balaban J connectivity index is 2.54. The molecule has 0 aliphatic carbocycles. The van der Waals surface area contributed by atoms with Gasteiger partial charge in [-0.15, -0.1) is 0 Å². The van der Waals surface area contributed by atoms with Gasteiger partial charge in [-0.2, -0.15) is 0 Å². The predicted octanol–water partition coefficient (Wildman–Crippen LogP) is 0.780. The van der Waals surface area contributed by atoms with Crippen LogP contribution in [0.3, 0.4) is 0 Å². The summed E-state index contributed by atoms with van der Waals surface area (Å²) in [5.41, 5.74) is 3.13. The third-order valence-corrected chi connectivity index (χ3v) is 1.92. The molecule has 0 atom stereocenters. The lowest BCUT2D eigenvalue weighted by Gasteiger charge is -2.08.